The topological polar surface area (TPSA) is 71.0 Å². The summed E-state index contributed by atoms with van der Waals surface area (Å²) in [5.74, 6) is -0.266. The number of alkyl halides is 3. The number of nitrogens with one attached hydrogen (secondary N) is 1. The van der Waals surface area contributed by atoms with Gasteiger partial charge in [-0.1, -0.05) is 12.1 Å². The molecule has 2 aromatic rings. The fourth-order valence-electron chi connectivity index (χ4n) is 1.39. The molecule has 5 nitrogen and oxygen atoms in total. The van der Waals surface area contributed by atoms with E-state index in [1.54, 1.807) is 0 Å². The molecule has 0 amide bonds. The molecule has 1 atom stereocenters. The van der Waals surface area contributed by atoms with Crippen LogP contribution in [0, 0.1) is 0 Å². The van der Waals surface area contributed by atoms with Crippen LogP contribution >= 0.6 is 0 Å². The van der Waals surface area contributed by atoms with Gasteiger partial charge in [0, 0.05) is 0 Å². The smallest absolute Gasteiger partial charge is 0.406 e. The summed E-state index contributed by atoms with van der Waals surface area (Å²) in [6.45, 7) is 0. The highest BCUT2D eigenvalue weighted by Gasteiger charge is 2.31. The first-order chi connectivity index (χ1) is 8.46. The highest BCUT2D eigenvalue weighted by atomic mass is 19.4. The van der Waals surface area contributed by atoms with Crippen LogP contribution in [0.2, 0.25) is 0 Å². The third-order valence-electron chi connectivity index (χ3n) is 2.10. The Balaban J connectivity index is 2.22. The van der Waals surface area contributed by atoms with Gasteiger partial charge in [-0.05, 0) is 17.7 Å². The monoisotopic (exact) mass is 259 g/mol. The van der Waals surface area contributed by atoms with E-state index in [-0.39, 0.29) is 11.4 Å². The molecule has 0 saturated heterocycles. The second-order valence-corrected chi connectivity index (χ2v) is 3.39. The number of hydrogen-bond acceptors (Lipinski definition) is 4. The summed E-state index contributed by atoms with van der Waals surface area (Å²) in [6, 6.07) is 5.02. The van der Waals surface area contributed by atoms with Crippen LogP contribution < -0.4 is 4.74 Å². The SMILES string of the molecule is OC(c1cccc(OC(F)(F)F)c1)c1ncn[nH]1. The molecule has 0 fully saturated rings. The molecule has 18 heavy (non-hydrogen) atoms. The molecule has 2 rings (SSSR count). The third-order valence-corrected chi connectivity index (χ3v) is 2.10. The van der Waals surface area contributed by atoms with Gasteiger partial charge >= 0.3 is 6.36 Å². The molecular formula is C10H8F3N3O2. The van der Waals surface area contributed by atoms with Crippen molar-refractivity contribution in [2.75, 3.05) is 0 Å². The van der Waals surface area contributed by atoms with Crippen molar-refractivity contribution < 1.29 is 23.0 Å². The zero-order valence-electron chi connectivity index (χ0n) is 8.85. The molecule has 1 heterocycles. The number of H-pyrrole nitrogens is 1. The summed E-state index contributed by atoms with van der Waals surface area (Å²) in [7, 11) is 0. The van der Waals surface area contributed by atoms with Crippen molar-refractivity contribution in [3.63, 3.8) is 0 Å². The maximum absolute atomic E-state index is 12.0. The van der Waals surface area contributed by atoms with Crippen molar-refractivity contribution in [2.45, 2.75) is 12.5 Å². The van der Waals surface area contributed by atoms with E-state index in [1.165, 1.54) is 18.5 Å². The maximum Gasteiger partial charge on any atom is 0.573 e. The lowest BCUT2D eigenvalue weighted by molar-refractivity contribution is -0.274. The summed E-state index contributed by atoms with van der Waals surface area (Å²) in [6.07, 6.45) is -4.77. The molecule has 1 aromatic heterocycles. The van der Waals surface area contributed by atoms with Crippen molar-refractivity contribution in [2.24, 2.45) is 0 Å². The van der Waals surface area contributed by atoms with E-state index in [9.17, 15) is 18.3 Å². The Morgan fingerprint density at radius 2 is 2.11 bits per heavy atom. The van der Waals surface area contributed by atoms with Crippen LogP contribution in [0.1, 0.15) is 17.5 Å². The Labute approximate surface area is 99.2 Å². The number of benzene rings is 1. The number of nitrogens with zero attached hydrogens (tertiary/aromatic N) is 2. The second kappa shape index (κ2) is 4.65. The van der Waals surface area contributed by atoms with E-state index < -0.39 is 18.2 Å². The standard InChI is InChI=1S/C10H8F3N3O2/c11-10(12,13)18-7-3-1-2-6(4-7)8(17)9-14-5-15-16-9/h1-5,8,17H,(H,14,15,16). The Kier molecular flexibility index (Phi) is 3.19. The predicted molar refractivity (Wildman–Crippen MR) is 53.6 cm³/mol. The number of hydrogen-bond donors (Lipinski definition) is 2. The first-order valence-corrected chi connectivity index (χ1v) is 4.85. The second-order valence-electron chi connectivity index (χ2n) is 3.39. The van der Waals surface area contributed by atoms with Crippen LogP contribution in [-0.2, 0) is 0 Å². The summed E-state index contributed by atoms with van der Waals surface area (Å²) < 4.78 is 39.9. The van der Waals surface area contributed by atoms with E-state index in [0.717, 1.165) is 12.1 Å². The van der Waals surface area contributed by atoms with Gasteiger partial charge in [0.25, 0.3) is 0 Å². The summed E-state index contributed by atoms with van der Waals surface area (Å²) >= 11 is 0. The van der Waals surface area contributed by atoms with Gasteiger partial charge in [0.1, 0.15) is 18.2 Å². The summed E-state index contributed by atoms with van der Waals surface area (Å²) in [4.78, 5) is 3.72. The first kappa shape index (κ1) is 12.4. The van der Waals surface area contributed by atoms with Crippen molar-refractivity contribution >= 4 is 0 Å². The van der Waals surface area contributed by atoms with Crippen molar-refractivity contribution in [1.82, 2.24) is 15.2 Å². The van der Waals surface area contributed by atoms with Crippen LogP contribution in [-0.4, -0.2) is 26.7 Å². The van der Waals surface area contributed by atoms with Gasteiger partial charge in [-0.25, -0.2) is 4.98 Å². The minimum Gasteiger partial charge on any atom is -0.406 e. The molecule has 0 spiro atoms. The Morgan fingerprint density at radius 3 is 2.72 bits per heavy atom. The fraction of sp³-hybridized carbons (Fsp3) is 0.200. The zero-order valence-corrected chi connectivity index (χ0v) is 8.85. The molecule has 1 unspecified atom stereocenters. The quantitative estimate of drug-likeness (QED) is 0.881. The van der Waals surface area contributed by atoms with Crippen molar-refractivity contribution in [3.8, 4) is 5.75 Å². The van der Waals surface area contributed by atoms with Gasteiger partial charge in [-0.2, -0.15) is 5.10 Å². The van der Waals surface area contributed by atoms with Gasteiger partial charge in [0.15, 0.2) is 5.82 Å². The Bertz CT molecular complexity index is 513. The highest BCUT2D eigenvalue weighted by Crippen LogP contribution is 2.26. The lowest BCUT2D eigenvalue weighted by atomic mass is 10.1. The molecule has 1 aromatic carbocycles. The summed E-state index contributed by atoms with van der Waals surface area (Å²) in [5, 5.41) is 15.8. The van der Waals surface area contributed by atoms with Gasteiger partial charge in [-0.15, -0.1) is 13.2 Å². The third kappa shape index (κ3) is 2.98. The van der Waals surface area contributed by atoms with Crippen molar-refractivity contribution in [3.05, 3.63) is 42.0 Å². The normalized spacial score (nSPS) is 13.3. The lowest BCUT2D eigenvalue weighted by Crippen LogP contribution is -2.17. The number of aromatic amines is 1. The largest absolute Gasteiger partial charge is 0.573 e. The van der Waals surface area contributed by atoms with E-state index in [4.69, 9.17) is 0 Å². The average Bonchev–Trinajstić information content (AvgIpc) is 2.79. The molecular weight excluding hydrogens is 251 g/mol. The fourth-order valence-corrected chi connectivity index (χ4v) is 1.39. The van der Waals surface area contributed by atoms with Gasteiger partial charge in [0.2, 0.25) is 0 Å². The first-order valence-electron chi connectivity index (χ1n) is 4.85. The number of ether oxygens (including phenoxy) is 1. The zero-order chi connectivity index (χ0) is 13.2. The van der Waals surface area contributed by atoms with Gasteiger partial charge in [0.05, 0.1) is 0 Å². The van der Waals surface area contributed by atoms with Crippen molar-refractivity contribution in [1.29, 1.82) is 0 Å². The number of aliphatic hydroxyl groups excluding tert-OH is 1. The molecule has 96 valence electrons. The maximum atomic E-state index is 12.0. The lowest BCUT2D eigenvalue weighted by Gasteiger charge is -2.12. The Morgan fingerprint density at radius 1 is 1.33 bits per heavy atom. The number of rotatable bonds is 3. The molecule has 0 saturated carbocycles. The van der Waals surface area contributed by atoms with Crippen LogP contribution in [0.5, 0.6) is 5.75 Å². The van der Waals surface area contributed by atoms with Crippen LogP contribution in [0.15, 0.2) is 30.6 Å². The van der Waals surface area contributed by atoms with E-state index in [0.29, 0.717) is 0 Å². The number of aliphatic hydroxyl groups is 1. The number of aromatic nitrogens is 3. The van der Waals surface area contributed by atoms with E-state index in [1.807, 2.05) is 0 Å². The molecule has 2 N–H and O–H groups in total. The average molecular weight is 259 g/mol. The predicted octanol–water partition coefficient (Wildman–Crippen LogP) is 1.78. The van der Waals surface area contributed by atoms with E-state index in [2.05, 4.69) is 19.9 Å². The van der Waals surface area contributed by atoms with Gasteiger partial charge in [-0.3, -0.25) is 5.10 Å². The van der Waals surface area contributed by atoms with E-state index >= 15 is 0 Å². The highest BCUT2D eigenvalue weighted by molar-refractivity contribution is 5.32. The van der Waals surface area contributed by atoms with Crippen LogP contribution in [0.25, 0.3) is 0 Å². The molecule has 8 heteroatoms. The van der Waals surface area contributed by atoms with Crippen LogP contribution in [0.4, 0.5) is 13.2 Å². The molecule has 0 radical (unpaired) electrons. The molecule has 0 aliphatic heterocycles. The number of halogens is 3. The summed E-state index contributed by atoms with van der Waals surface area (Å²) in [5.41, 5.74) is 0.216. The minimum absolute atomic E-state index is 0.138. The van der Waals surface area contributed by atoms with Gasteiger partial charge < -0.3 is 9.84 Å². The minimum atomic E-state index is -4.77. The Hall–Kier alpha value is -2.09. The van der Waals surface area contributed by atoms with Crippen LogP contribution in [0.3, 0.4) is 0 Å². The molecule has 0 aliphatic rings. The molecule has 0 bridgehead atoms. The molecule has 0 aliphatic carbocycles.